The summed E-state index contributed by atoms with van der Waals surface area (Å²) in [6, 6.07) is 7.94. The van der Waals surface area contributed by atoms with Crippen LogP contribution in [-0.2, 0) is 9.84 Å². The van der Waals surface area contributed by atoms with E-state index in [0.717, 1.165) is 11.3 Å². The minimum atomic E-state index is -2.95. The van der Waals surface area contributed by atoms with E-state index >= 15 is 0 Å². The zero-order valence-corrected chi connectivity index (χ0v) is 16.0. The molecule has 1 rings (SSSR count). The van der Waals surface area contributed by atoms with Gasteiger partial charge in [-0.05, 0) is 44.9 Å². The van der Waals surface area contributed by atoms with E-state index in [2.05, 4.69) is 15.6 Å². The zero-order valence-electron chi connectivity index (χ0n) is 15.2. The lowest BCUT2D eigenvalue weighted by Gasteiger charge is -2.20. The molecule has 0 amide bonds. The molecule has 2 atom stereocenters. The minimum Gasteiger partial charge on any atom is -0.489 e. The van der Waals surface area contributed by atoms with Gasteiger partial charge in [0.1, 0.15) is 21.7 Å². The molecule has 0 saturated heterocycles. The van der Waals surface area contributed by atoms with Gasteiger partial charge in [0.2, 0.25) is 0 Å². The summed E-state index contributed by atoms with van der Waals surface area (Å²) < 4.78 is 28.3. The third kappa shape index (κ3) is 8.76. The number of aliphatic imine (C=N–C) groups is 1. The van der Waals surface area contributed by atoms with Crippen LogP contribution < -0.4 is 15.4 Å². The fraction of sp³-hybridized carbons (Fsp3) is 0.588. The van der Waals surface area contributed by atoms with Crippen LogP contribution in [0.4, 0.5) is 0 Å². The summed E-state index contributed by atoms with van der Waals surface area (Å²) in [4.78, 5) is 4.15. The van der Waals surface area contributed by atoms with Crippen molar-refractivity contribution in [1.29, 1.82) is 0 Å². The van der Waals surface area contributed by atoms with Crippen LogP contribution in [0.15, 0.2) is 29.3 Å². The number of benzene rings is 1. The van der Waals surface area contributed by atoms with Crippen LogP contribution in [0.1, 0.15) is 25.8 Å². The molecule has 1 aromatic rings. The predicted molar refractivity (Wildman–Crippen MR) is 99.6 cm³/mol. The molecule has 0 aliphatic carbocycles. The Morgan fingerprint density at radius 1 is 1.33 bits per heavy atom. The second-order valence-electron chi connectivity index (χ2n) is 6.16. The van der Waals surface area contributed by atoms with E-state index in [4.69, 9.17) is 4.74 Å². The summed E-state index contributed by atoms with van der Waals surface area (Å²) in [6.45, 7) is 6.53. The second-order valence-corrected chi connectivity index (χ2v) is 8.42. The molecule has 7 heteroatoms. The molecule has 0 heterocycles. The Kier molecular flexibility index (Phi) is 8.04. The van der Waals surface area contributed by atoms with Gasteiger partial charge >= 0.3 is 0 Å². The SMILES string of the molecule is CN=C(NCC(C)Oc1cccc(C)c1)NC(C)CCS(C)(=O)=O. The summed E-state index contributed by atoms with van der Waals surface area (Å²) in [6.07, 6.45) is 1.75. The molecular formula is C17H29N3O3S. The molecular weight excluding hydrogens is 326 g/mol. The third-order valence-electron chi connectivity index (χ3n) is 3.41. The number of guanidine groups is 1. The molecule has 2 unspecified atom stereocenters. The van der Waals surface area contributed by atoms with Gasteiger partial charge < -0.3 is 15.4 Å². The van der Waals surface area contributed by atoms with E-state index in [9.17, 15) is 8.42 Å². The number of ether oxygens (including phenoxy) is 1. The van der Waals surface area contributed by atoms with Crippen molar-refractivity contribution >= 4 is 15.8 Å². The number of aryl methyl sites for hydroxylation is 1. The Balaban J connectivity index is 2.40. The van der Waals surface area contributed by atoms with Gasteiger partial charge in [-0.1, -0.05) is 12.1 Å². The summed E-state index contributed by atoms with van der Waals surface area (Å²) in [5.74, 6) is 1.63. The van der Waals surface area contributed by atoms with E-state index in [1.807, 2.05) is 45.0 Å². The minimum absolute atomic E-state index is 0.0129. The molecule has 0 aliphatic heterocycles. The van der Waals surface area contributed by atoms with Gasteiger partial charge in [0.15, 0.2) is 5.96 Å². The maximum Gasteiger partial charge on any atom is 0.191 e. The summed E-state index contributed by atoms with van der Waals surface area (Å²) in [5.41, 5.74) is 1.16. The standard InChI is InChI=1S/C17H29N3O3S/c1-13-7-6-8-16(11-13)23-15(3)12-19-17(18-4)20-14(2)9-10-24(5,21)22/h6-8,11,14-15H,9-10,12H2,1-5H3,(H2,18,19,20). The summed E-state index contributed by atoms with van der Waals surface area (Å²) in [7, 11) is -1.26. The van der Waals surface area contributed by atoms with Crippen molar-refractivity contribution in [3.63, 3.8) is 0 Å². The first-order valence-corrected chi connectivity index (χ1v) is 10.1. The fourth-order valence-corrected chi connectivity index (χ4v) is 2.88. The van der Waals surface area contributed by atoms with Gasteiger partial charge in [0.25, 0.3) is 0 Å². The third-order valence-corrected chi connectivity index (χ3v) is 4.39. The van der Waals surface area contributed by atoms with Crippen LogP contribution in [0.3, 0.4) is 0 Å². The van der Waals surface area contributed by atoms with Crippen LogP contribution in [0, 0.1) is 6.92 Å². The van der Waals surface area contributed by atoms with Gasteiger partial charge in [-0.25, -0.2) is 8.42 Å². The summed E-state index contributed by atoms with van der Waals surface area (Å²) in [5, 5.41) is 6.38. The van der Waals surface area contributed by atoms with Crippen LogP contribution in [0.25, 0.3) is 0 Å². The number of hydrogen-bond acceptors (Lipinski definition) is 4. The van der Waals surface area contributed by atoms with Gasteiger partial charge in [-0.3, -0.25) is 4.99 Å². The fourth-order valence-electron chi connectivity index (χ4n) is 2.09. The van der Waals surface area contributed by atoms with Crippen LogP contribution in [-0.4, -0.2) is 52.1 Å². The van der Waals surface area contributed by atoms with Crippen molar-refractivity contribution in [2.75, 3.05) is 25.6 Å². The van der Waals surface area contributed by atoms with Crippen molar-refractivity contribution in [2.45, 2.75) is 39.3 Å². The van der Waals surface area contributed by atoms with Crippen LogP contribution >= 0.6 is 0 Å². The highest BCUT2D eigenvalue weighted by molar-refractivity contribution is 7.90. The molecule has 0 saturated carbocycles. The smallest absolute Gasteiger partial charge is 0.191 e. The van der Waals surface area contributed by atoms with Gasteiger partial charge in [0.05, 0.1) is 12.3 Å². The topological polar surface area (TPSA) is 79.8 Å². The van der Waals surface area contributed by atoms with E-state index in [1.165, 1.54) is 6.26 Å². The van der Waals surface area contributed by atoms with Crippen molar-refractivity contribution in [3.05, 3.63) is 29.8 Å². The molecule has 136 valence electrons. The number of nitrogens with zero attached hydrogens (tertiary/aromatic N) is 1. The zero-order chi connectivity index (χ0) is 18.2. The van der Waals surface area contributed by atoms with Gasteiger partial charge in [-0.15, -0.1) is 0 Å². The summed E-state index contributed by atoms with van der Waals surface area (Å²) >= 11 is 0. The lowest BCUT2D eigenvalue weighted by molar-refractivity contribution is 0.223. The molecule has 0 bridgehead atoms. The van der Waals surface area contributed by atoms with E-state index < -0.39 is 9.84 Å². The predicted octanol–water partition coefficient (Wildman–Crippen LogP) is 1.75. The lowest BCUT2D eigenvalue weighted by atomic mass is 10.2. The van der Waals surface area contributed by atoms with Crippen LogP contribution in [0.2, 0.25) is 0 Å². The quantitative estimate of drug-likeness (QED) is 0.549. The van der Waals surface area contributed by atoms with Gasteiger partial charge in [-0.2, -0.15) is 0 Å². The highest BCUT2D eigenvalue weighted by atomic mass is 32.2. The largest absolute Gasteiger partial charge is 0.489 e. The highest BCUT2D eigenvalue weighted by Crippen LogP contribution is 2.13. The maximum atomic E-state index is 11.2. The highest BCUT2D eigenvalue weighted by Gasteiger charge is 2.11. The first-order valence-electron chi connectivity index (χ1n) is 8.08. The Labute approximate surface area is 145 Å². The van der Waals surface area contributed by atoms with Crippen molar-refractivity contribution in [2.24, 2.45) is 4.99 Å². The van der Waals surface area contributed by atoms with E-state index in [1.54, 1.807) is 7.05 Å². The number of hydrogen-bond donors (Lipinski definition) is 2. The molecule has 2 N–H and O–H groups in total. The molecule has 6 nitrogen and oxygen atoms in total. The molecule has 0 aromatic heterocycles. The van der Waals surface area contributed by atoms with Crippen LogP contribution in [0.5, 0.6) is 5.75 Å². The van der Waals surface area contributed by atoms with Crippen molar-refractivity contribution < 1.29 is 13.2 Å². The number of sulfone groups is 1. The first-order chi connectivity index (χ1) is 11.2. The Morgan fingerprint density at radius 2 is 2.04 bits per heavy atom. The Morgan fingerprint density at radius 3 is 2.62 bits per heavy atom. The molecule has 0 fully saturated rings. The van der Waals surface area contributed by atoms with E-state index in [-0.39, 0.29) is 17.9 Å². The Hall–Kier alpha value is -1.76. The maximum absolute atomic E-state index is 11.2. The lowest BCUT2D eigenvalue weighted by Crippen LogP contribution is -2.45. The average molecular weight is 356 g/mol. The monoisotopic (exact) mass is 355 g/mol. The molecule has 1 aromatic carbocycles. The molecule has 24 heavy (non-hydrogen) atoms. The normalized spacial score (nSPS) is 14.8. The number of nitrogens with one attached hydrogen (secondary N) is 2. The average Bonchev–Trinajstić information content (AvgIpc) is 2.48. The molecule has 0 radical (unpaired) electrons. The number of rotatable bonds is 8. The molecule has 0 aliphatic rings. The van der Waals surface area contributed by atoms with Crippen molar-refractivity contribution in [3.8, 4) is 5.75 Å². The van der Waals surface area contributed by atoms with E-state index in [0.29, 0.717) is 18.9 Å². The second kappa shape index (κ2) is 9.52. The van der Waals surface area contributed by atoms with Gasteiger partial charge in [0, 0.05) is 19.3 Å². The molecule has 0 spiro atoms. The first kappa shape index (κ1) is 20.3. The van der Waals surface area contributed by atoms with Crippen molar-refractivity contribution in [1.82, 2.24) is 10.6 Å². The Bertz CT molecular complexity index is 644.